The summed E-state index contributed by atoms with van der Waals surface area (Å²) in [5.41, 5.74) is 1.25. The molecule has 0 saturated heterocycles. The van der Waals surface area contributed by atoms with Crippen LogP contribution in [0.3, 0.4) is 0 Å². The van der Waals surface area contributed by atoms with Gasteiger partial charge in [0, 0.05) is 22.6 Å². The first-order valence-corrected chi connectivity index (χ1v) is 5.80. The molecule has 17 heavy (non-hydrogen) atoms. The highest BCUT2D eigenvalue weighted by Crippen LogP contribution is 2.12. The third kappa shape index (κ3) is 2.88. The van der Waals surface area contributed by atoms with Gasteiger partial charge in [-0.2, -0.15) is 0 Å². The zero-order valence-corrected chi connectivity index (χ0v) is 10.7. The summed E-state index contributed by atoms with van der Waals surface area (Å²) in [7, 11) is 0. The Morgan fingerprint density at radius 2 is 2.12 bits per heavy atom. The van der Waals surface area contributed by atoms with Crippen molar-refractivity contribution in [3.8, 4) is 0 Å². The van der Waals surface area contributed by atoms with E-state index in [1.54, 1.807) is 37.5 Å². The predicted octanol–water partition coefficient (Wildman–Crippen LogP) is 2.80. The van der Waals surface area contributed by atoms with Gasteiger partial charge in [0.1, 0.15) is 5.82 Å². The second-order valence-electron chi connectivity index (χ2n) is 3.45. The Morgan fingerprint density at radius 1 is 1.29 bits per heavy atom. The van der Waals surface area contributed by atoms with Crippen molar-refractivity contribution in [3.05, 3.63) is 52.4 Å². The molecule has 0 fully saturated rings. The van der Waals surface area contributed by atoms with Gasteiger partial charge in [0.05, 0.1) is 5.56 Å². The largest absolute Gasteiger partial charge is 0.307 e. The van der Waals surface area contributed by atoms with Crippen molar-refractivity contribution < 1.29 is 4.79 Å². The van der Waals surface area contributed by atoms with E-state index in [2.05, 4.69) is 31.2 Å². The Morgan fingerprint density at radius 3 is 2.76 bits per heavy atom. The van der Waals surface area contributed by atoms with Crippen LogP contribution in [0.1, 0.15) is 16.1 Å². The molecule has 0 aromatic carbocycles. The summed E-state index contributed by atoms with van der Waals surface area (Å²) in [5, 5.41) is 2.72. The van der Waals surface area contributed by atoms with Crippen molar-refractivity contribution >= 4 is 27.7 Å². The summed E-state index contributed by atoms with van der Waals surface area (Å²) in [6.45, 7) is 1.80. The lowest BCUT2D eigenvalue weighted by molar-refractivity contribution is 0.102. The van der Waals surface area contributed by atoms with Gasteiger partial charge in [-0.15, -0.1) is 0 Å². The predicted molar refractivity (Wildman–Crippen MR) is 68.9 cm³/mol. The molecule has 2 rings (SSSR count). The lowest BCUT2D eigenvalue weighted by Crippen LogP contribution is -2.14. The van der Waals surface area contributed by atoms with E-state index in [1.165, 1.54) is 0 Å². The lowest BCUT2D eigenvalue weighted by atomic mass is 10.2. The quantitative estimate of drug-likeness (QED) is 0.926. The average Bonchev–Trinajstić information content (AvgIpc) is 2.32. The molecule has 2 aromatic heterocycles. The minimum absolute atomic E-state index is 0.203. The van der Waals surface area contributed by atoms with Gasteiger partial charge in [-0.1, -0.05) is 0 Å². The van der Waals surface area contributed by atoms with Crippen LogP contribution in [-0.4, -0.2) is 15.9 Å². The third-order valence-corrected chi connectivity index (χ3v) is 2.69. The number of carbonyl (C=O) groups excluding carboxylic acids is 1. The van der Waals surface area contributed by atoms with Crippen LogP contribution in [-0.2, 0) is 0 Å². The SMILES string of the molecule is Cc1ncccc1C(=O)Nc1ccc(Br)cn1. The smallest absolute Gasteiger partial charge is 0.258 e. The highest BCUT2D eigenvalue weighted by Gasteiger charge is 2.09. The van der Waals surface area contributed by atoms with Crippen molar-refractivity contribution in [2.45, 2.75) is 6.92 Å². The molecule has 0 atom stereocenters. The first-order valence-electron chi connectivity index (χ1n) is 5.01. The summed E-state index contributed by atoms with van der Waals surface area (Å²) in [6, 6.07) is 7.01. The standard InChI is InChI=1S/C12H10BrN3O/c1-8-10(3-2-6-14-8)12(17)16-11-5-4-9(13)7-15-11/h2-7H,1H3,(H,15,16,17). The highest BCUT2D eigenvalue weighted by atomic mass is 79.9. The molecule has 0 saturated carbocycles. The molecule has 4 nitrogen and oxygen atoms in total. The van der Waals surface area contributed by atoms with Crippen molar-refractivity contribution in [3.63, 3.8) is 0 Å². The normalized spacial score (nSPS) is 10.0. The van der Waals surface area contributed by atoms with Crippen LogP contribution in [0.2, 0.25) is 0 Å². The van der Waals surface area contributed by atoms with Gasteiger partial charge in [-0.25, -0.2) is 4.98 Å². The molecule has 1 amide bonds. The maximum atomic E-state index is 11.9. The number of aryl methyl sites for hydroxylation is 1. The number of halogens is 1. The van der Waals surface area contributed by atoms with Crippen molar-refractivity contribution in [1.82, 2.24) is 9.97 Å². The molecule has 86 valence electrons. The van der Waals surface area contributed by atoms with E-state index in [4.69, 9.17) is 0 Å². The van der Waals surface area contributed by atoms with E-state index in [-0.39, 0.29) is 5.91 Å². The van der Waals surface area contributed by atoms with Crippen LogP contribution in [0.15, 0.2) is 41.1 Å². The molecule has 2 heterocycles. The van der Waals surface area contributed by atoms with Crippen molar-refractivity contribution in [1.29, 1.82) is 0 Å². The summed E-state index contributed by atoms with van der Waals surface area (Å²) in [6.07, 6.45) is 3.29. The van der Waals surface area contributed by atoms with Crippen molar-refractivity contribution in [2.75, 3.05) is 5.32 Å². The minimum atomic E-state index is -0.203. The minimum Gasteiger partial charge on any atom is -0.307 e. The van der Waals surface area contributed by atoms with Gasteiger partial charge in [0.15, 0.2) is 0 Å². The van der Waals surface area contributed by atoms with Crippen LogP contribution in [0.4, 0.5) is 5.82 Å². The Hall–Kier alpha value is -1.75. The fourth-order valence-corrected chi connectivity index (χ4v) is 1.59. The number of aromatic nitrogens is 2. The summed E-state index contributed by atoms with van der Waals surface area (Å²) in [5.74, 6) is 0.312. The first kappa shape index (κ1) is 11.7. The number of rotatable bonds is 2. The number of anilines is 1. The van der Waals surface area contributed by atoms with Crippen LogP contribution in [0.5, 0.6) is 0 Å². The molecule has 0 radical (unpaired) electrons. The van der Waals surface area contributed by atoms with Crippen LogP contribution in [0.25, 0.3) is 0 Å². The number of carbonyl (C=O) groups is 1. The molecular formula is C12H10BrN3O. The van der Waals surface area contributed by atoms with E-state index in [0.717, 1.165) is 4.47 Å². The maximum absolute atomic E-state index is 11.9. The molecule has 0 unspecified atom stereocenters. The summed E-state index contributed by atoms with van der Waals surface area (Å²) >= 11 is 3.28. The lowest BCUT2D eigenvalue weighted by Gasteiger charge is -2.05. The molecule has 0 spiro atoms. The van der Waals surface area contributed by atoms with E-state index in [9.17, 15) is 4.79 Å². The molecule has 0 bridgehead atoms. The van der Waals surface area contributed by atoms with Gasteiger partial charge in [0.2, 0.25) is 0 Å². The summed E-state index contributed by atoms with van der Waals surface area (Å²) < 4.78 is 0.869. The summed E-state index contributed by atoms with van der Waals surface area (Å²) in [4.78, 5) is 20.1. The number of nitrogens with one attached hydrogen (secondary N) is 1. The molecule has 5 heteroatoms. The fourth-order valence-electron chi connectivity index (χ4n) is 1.36. The van der Waals surface area contributed by atoms with E-state index in [0.29, 0.717) is 17.1 Å². The zero-order chi connectivity index (χ0) is 12.3. The van der Waals surface area contributed by atoms with Crippen molar-refractivity contribution in [2.24, 2.45) is 0 Å². The van der Waals surface area contributed by atoms with Crippen LogP contribution in [0, 0.1) is 6.92 Å². The molecule has 2 aromatic rings. The molecule has 0 aliphatic rings. The number of amides is 1. The van der Waals surface area contributed by atoms with Gasteiger partial charge in [-0.05, 0) is 47.1 Å². The van der Waals surface area contributed by atoms with E-state index in [1.807, 2.05) is 6.07 Å². The molecular weight excluding hydrogens is 282 g/mol. The maximum Gasteiger partial charge on any atom is 0.258 e. The average molecular weight is 292 g/mol. The first-order chi connectivity index (χ1) is 8.16. The van der Waals surface area contributed by atoms with Gasteiger partial charge < -0.3 is 5.32 Å². The third-order valence-electron chi connectivity index (χ3n) is 2.22. The van der Waals surface area contributed by atoms with E-state index >= 15 is 0 Å². The van der Waals surface area contributed by atoms with Crippen LogP contribution >= 0.6 is 15.9 Å². The van der Waals surface area contributed by atoms with E-state index < -0.39 is 0 Å². The Labute approximate surface area is 107 Å². The Balaban J connectivity index is 2.17. The molecule has 0 aliphatic heterocycles. The molecule has 1 N–H and O–H groups in total. The van der Waals surface area contributed by atoms with Gasteiger partial charge in [0.25, 0.3) is 5.91 Å². The number of hydrogen-bond donors (Lipinski definition) is 1. The monoisotopic (exact) mass is 291 g/mol. The Bertz CT molecular complexity index is 540. The second-order valence-corrected chi connectivity index (χ2v) is 4.37. The number of pyridine rings is 2. The fraction of sp³-hybridized carbons (Fsp3) is 0.0833. The van der Waals surface area contributed by atoms with Gasteiger partial charge >= 0.3 is 0 Å². The number of nitrogens with zero attached hydrogens (tertiary/aromatic N) is 2. The highest BCUT2D eigenvalue weighted by molar-refractivity contribution is 9.10. The van der Waals surface area contributed by atoms with Gasteiger partial charge in [-0.3, -0.25) is 9.78 Å². The Kier molecular flexibility index (Phi) is 3.49. The zero-order valence-electron chi connectivity index (χ0n) is 9.14. The molecule has 0 aliphatic carbocycles. The number of hydrogen-bond acceptors (Lipinski definition) is 3. The topological polar surface area (TPSA) is 54.9 Å². The second kappa shape index (κ2) is 5.05. The van der Waals surface area contributed by atoms with Crippen LogP contribution < -0.4 is 5.32 Å².